The van der Waals surface area contributed by atoms with E-state index in [0.717, 1.165) is 31.6 Å². The van der Waals surface area contributed by atoms with Gasteiger partial charge in [-0.15, -0.1) is 0 Å². The number of hydrogen-bond donors (Lipinski definition) is 1. The molecule has 82 valence electrons. The van der Waals surface area contributed by atoms with Crippen LogP contribution in [-0.2, 0) is 12.8 Å². The third-order valence-electron chi connectivity index (χ3n) is 2.90. The van der Waals surface area contributed by atoms with Crippen LogP contribution in [0, 0.1) is 5.92 Å². The van der Waals surface area contributed by atoms with E-state index in [1.54, 1.807) is 0 Å². The Morgan fingerprint density at radius 3 is 3.13 bits per heavy atom. The lowest BCUT2D eigenvalue weighted by molar-refractivity contribution is 0.233. The van der Waals surface area contributed by atoms with E-state index < -0.39 is 0 Å². The maximum Gasteiger partial charge on any atom is 0.125 e. The molecule has 0 aromatic heterocycles. The van der Waals surface area contributed by atoms with Crippen molar-refractivity contribution in [2.24, 2.45) is 5.92 Å². The van der Waals surface area contributed by atoms with Gasteiger partial charge in [-0.25, -0.2) is 0 Å². The Bertz CT molecular complexity index is 333. The molecule has 0 bridgehead atoms. The van der Waals surface area contributed by atoms with Crippen molar-refractivity contribution in [2.75, 3.05) is 13.2 Å². The van der Waals surface area contributed by atoms with E-state index in [1.807, 2.05) is 0 Å². The van der Waals surface area contributed by atoms with Crippen LogP contribution in [0.15, 0.2) is 18.2 Å². The molecule has 0 saturated carbocycles. The molecule has 0 fully saturated rings. The molecule has 1 atom stereocenters. The molecule has 2 heteroatoms. The molecule has 15 heavy (non-hydrogen) atoms. The summed E-state index contributed by atoms with van der Waals surface area (Å²) in [6, 6.07) is 6.34. The summed E-state index contributed by atoms with van der Waals surface area (Å²) in [5.41, 5.74) is 2.57. The number of fused-ring (bicyclic) bond motifs is 1. The Morgan fingerprint density at radius 2 is 2.33 bits per heavy atom. The first-order valence-corrected chi connectivity index (χ1v) is 5.65. The SMILES string of the molecule is CC(CO)Cc1cccc2c1OCCC2. The fourth-order valence-electron chi connectivity index (χ4n) is 2.06. The summed E-state index contributed by atoms with van der Waals surface area (Å²) in [5.74, 6) is 1.38. The molecule has 0 amide bonds. The summed E-state index contributed by atoms with van der Waals surface area (Å²) >= 11 is 0. The lowest BCUT2D eigenvalue weighted by Gasteiger charge is -2.21. The quantitative estimate of drug-likeness (QED) is 0.821. The Balaban J connectivity index is 2.23. The molecule has 1 heterocycles. The zero-order valence-corrected chi connectivity index (χ0v) is 9.20. The first-order chi connectivity index (χ1) is 7.31. The standard InChI is InChI=1S/C13H18O2/c1-10(9-14)8-12-5-2-4-11-6-3-7-15-13(11)12/h2,4-5,10,14H,3,6-9H2,1H3. The van der Waals surface area contributed by atoms with E-state index in [9.17, 15) is 0 Å². The van der Waals surface area contributed by atoms with Crippen molar-refractivity contribution >= 4 is 0 Å². The van der Waals surface area contributed by atoms with Crippen LogP contribution < -0.4 is 4.74 Å². The molecule has 0 spiro atoms. The molecule has 0 saturated heterocycles. The summed E-state index contributed by atoms with van der Waals surface area (Å²) in [4.78, 5) is 0. The van der Waals surface area contributed by atoms with Crippen LogP contribution in [0.3, 0.4) is 0 Å². The molecule has 2 rings (SSSR count). The van der Waals surface area contributed by atoms with E-state index in [-0.39, 0.29) is 6.61 Å². The molecule has 1 aromatic rings. The Kier molecular flexibility index (Phi) is 3.27. The summed E-state index contributed by atoms with van der Waals surface area (Å²) in [6.45, 7) is 3.13. The highest BCUT2D eigenvalue weighted by Gasteiger charge is 2.15. The van der Waals surface area contributed by atoms with Gasteiger partial charge in [-0.2, -0.15) is 0 Å². The van der Waals surface area contributed by atoms with Crippen LogP contribution in [-0.4, -0.2) is 18.3 Å². The molecule has 1 aliphatic heterocycles. The zero-order valence-electron chi connectivity index (χ0n) is 9.20. The van der Waals surface area contributed by atoms with Gasteiger partial charge in [-0.3, -0.25) is 0 Å². The van der Waals surface area contributed by atoms with Crippen molar-refractivity contribution in [1.82, 2.24) is 0 Å². The highest BCUT2D eigenvalue weighted by Crippen LogP contribution is 2.30. The van der Waals surface area contributed by atoms with Crippen LogP contribution >= 0.6 is 0 Å². The van der Waals surface area contributed by atoms with Gasteiger partial charge in [0, 0.05) is 6.61 Å². The summed E-state index contributed by atoms with van der Waals surface area (Å²) in [7, 11) is 0. The molecular weight excluding hydrogens is 188 g/mol. The van der Waals surface area contributed by atoms with Crippen molar-refractivity contribution < 1.29 is 9.84 Å². The Morgan fingerprint density at radius 1 is 1.47 bits per heavy atom. The Hall–Kier alpha value is -1.02. The van der Waals surface area contributed by atoms with Crippen LogP contribution in [0.4, 0.5) is 0 Å². The third-order valence-corrected chi connectivity index (χ3v) is 2.90. The fourth-order valence-corrected chi connectivity index (χ4v) is 2.06. The minimum Gasteiger partial charge on any atom is -0.493 e. The van der Waals surface area contributed by atoms with E-state index in [1.165, 1.54) is 11.1 Å². The number of para-hydroxylation sites is 1. The number of aliphatic hydroxyl groups is 1. The number of ether oxygens (including phenoxy) is 1. The van der Waals surface area contributed by atoms with Crippen molar-refractivity contribution in [2.45, 2.75) is 26.2 Å². The van der Waals surface area contributed by atoms with Gasteiger partial charge in [0.15, 0.2) is 0 Å². The van der Waals surface area contributed by atoms with Gasteiger partial charge in [0.1, 0.15) is 5.75 Å². The summed E-state index contributed by atoms with van der Waals surface area (Å²) < 4.78 is 5.72. The molecule has 0 aliphatic carbocycles. The lowest BCUT2D eigenvalue weighted by Crippen LogP contribution is -2.12. The second kappa shape index (κ2) is 4.67. The largest absolute Gasteiger partial charge is 0.493 e. The topological polar surface area (TPSA) is 29.5 Å². The molecule has 1 unspecified atom stereocenters. The van der Waals surface area contributed by atoms with Gasteiger partial charge in [0.05, 0.1) is 6.61 Å². The second-order valence-electron chi connectivity index (χ2n) is 4.35. The van der Waals surface area contributed by atoms with Crippen LogP contribution in [0.5, 0.6) is 5.75 Å². The highest BCUT2D eigenvalue weighted by atomic mass is 16.5. The molecular formula is C13H18O2. The van der Waals surface area contributed by atoms with Gasteiger partial charge in [-0.1, -0.05) is 25.1 Å². The monoisotopic (exact) mass is 206 g/mol. The number of benzene rings is 1. The van der Waals surface area contributed by atoms with Crippen molar-refractivity contribution in [3.8, 4) is 5.75 Å². The van der Waals surface area contributed by atoms with Crippen LogP contribution in [0.25, 0.3) is 0 Å². The maximum atomic E-state index is 9.06. The summed E-state index contributed by atoms with van der Waals surface area (Å²) in [6.07, 6.45) is 3.14. The number of rotatable bonds is 3. The number of aryl methyl sites for hydroxylation is 1. The molecule has 1 N–H and O–H groups in total. The summed E-state index contributed by atoms with van der Waals surface area (Å²) in [5, 5.41) is 9.06. The van der Waals surface area contributed by atoms with E-state index in [4.69, 9.17) is 9.84 Å². The molecule has 1 aliphatic rings. The van der Waals surface area contributed by atoms with Crippen molar-refractivity contribution in [3.63, 3.8) is 0 Å². The molecule has 2 nitrogen and oxygen atoms in total. The van der Waals surface area contributed by atoms with Gasteiger partial charge in [-0.05, 0) is 36.3 Å². The lowest BCUT2D eigenvalue weighted by atomic mass is 9.96. The van der Waals surface area contributed by atoms with E-state index >= 15 is 0 Å². The Labute approximate surface area is 90.9 Å². The van der Waals surface area contributed by atoms with Crippen LogP contribution in [0.2, 0.25) is 0 Å². The number of hydrogen-bond acceptors (Lipinski definition) is 2. The van der Waals surface area contributed by atoms with Gasteiger partial charge in [0.2, 0.25) is 0 Å². The minimum absolute atomic E-state index is 0.240. The predicted octanol–water partition coefficient (Wildman–Crippen LogP) is 2.18. The zero-order chi connectivity index (χ0) is 10.7. The van der Waals surface area contributed by atoms with E-state index in [2.05, 4.69) is 25.1 Å². The van der Waals surface area contributed by atoms with Crippen molar-refractivity contribution in [3.05, 3.63) is 29.3 Å². The maximum absolute atomic E-state index is 9.06. The first kappa shape index (κ1) is 10.5. The smallest absolute Gasteiger partial charge is 0.125 e. The van der Waals surface area contributed by atoms with Gasteiger partial charge >= 0.3 is 0 Å². The van der Waals surface area contributed by atoms with Crippen molar-refractivity contribution in [1.29, 1.82) is 0 Å². The van der Waals surface area contributed by atoms with Gasteiger partial charge in [0.25, 0.3) is 0 Å². The van der Waals surface area contributed by atoms with Crippen LogP contribution in [0.1, 0.15) is 24.5 Å². The normalized spacial score (nSPS) is 16.7. The van der Waals surface area contributed by atoms with Gasteiger partial charge < -0.3 is 9.84 Å². The predicted molar refractivity (Wildman–Crippen MR) is 60.2 cm³/mol. The molecule has 0 radical (unpaired) electrons. The highest BCUT2D eigenvalue weighted by molar-refractivity contribution is 5.42. The molecule has 1 aromatic carbocycles. The average molecular weight is 206 g/mol. The van der Waals surface area contributed by atoms with E-state index in [0.29, 0.717) is 5.92 Å². The minimum atomic E-state index is 0.240. The fraction of sp³-hybridized carbons (Fsp3) is 0.538. The second-order valence-corrected chi connectivity index (χ2v) is 4.35. The third kappa shape index (κ3) is 2.32. The number of aliphatic hydroxyl groups excluding tert-OH is 1. The average Bonchev–Trinajstić information content (AvgIpc) is 2.29. The first-order valence-electron chi connectivity index (χ1n) is 5.65.